The van der Waals surface area contributed by atoms with Crippen LogP contribution in [0.5, 0.6) is 0 Å². The predicted molar refractivity (Wildman–Crippen MR) is 85.8 cm³/mol. The molecule has 4 N–H and O–H groups in total. The van der Waals surface area contributed by atoms with Crippen molar-refractivity contribution in [2.24, 2.45) is 11.8 Å². The lowest BCUT2D eigenvalue weighted by Gasteiger charge is -2.29. The fourth-order valence-electron chi connectivity index (χ4n) is 2.84. The summed E-state index contributed by atoms with van der Waals surface area (Å²) < 4.78 is 0. The second kappa shape index (κ2) is 7.67. The van der Waals surface area contributed by atoms with E-state index in [-0.39, 0.29) is 35.7 Å². The molecule has 0 spiro atoms. The highest BCUT2D eigenvalue weighted by Gasteiger charge is 2.33. The zero-order chi connectivity index (χ0) is 17.0. The summed E-state index contributed by atoms with van der Waals surface area (Å²) in [6, 6.07) is -1.22. The van der Waals surface area contributed by atoms with Gasteiger partial charge in [-0.1, -0.05) is 0 Å². The van der Waals surface area contributed by atoms with Crippen molar-refractivity contribution in [1.82, 2.24) is 21.3 Å². The van der Waals surface area contributed by atoms with Gasteiger partial charge in [-0.05, 0) is 38.2 Å². The van der Waals surface area contributed by atoms with E-state index in [0.717, 1.165) is 11.5 Å². The first-order valence-electron chi connectivity index (χ1n) is 7.69. The molecule has 2 fully saturated rings. The van der Waals surface area contributed by atoms with E-state index in [1.165, 1.54) is 0 Å². The molecule has 0 unspecified atom stereocenters. The molecule has 23 heavy (non-hydrogen) atoms. The standard InChI is InChI=1S/C14H22N4O4S/c1-7-9(11(19)17-13(21)15-7)3-5-23-6-4-10-8(2)16-14(22)18-12(10)20/h7-10H,3-6H2,1-2H3,(H2,15,17,19,21)(H2,16,18,20,22)/t7-,8-,9+,10+/m0/s1. The lowest BCUT2D eigenvalue weighted by Crippen LogP contribution is -2.57. The molecule has 8 nitrogen and oxygen atoms in total. The van der Waals surface area contributed by atoms with Crippen LogP contribution in [0.4, 0.5) is 9.59 Å². The highest BCUT2D eigenvalue weighted by Crippen LogP contribution is 2.20. The van der Waals surface area contributed by atoms with Crippen LogP contribution < -0.4 is 21.3 Å². The number of imide groups is 2. The van der Waals surface area contributed by atoms with Crippen molar-refractivity contribution in [3.05, 3.63) is 0 Å². The van der Waals surface area contributed by atoms with E-state index in [9.17, 15) is 19.2 Å². The van der Waals surface area contributed by atoms with Gasteiger partial charge in [0, 0.05) is 12.1 Å². The normalized spacial score (nSPS) is 31.0. The van der Waals surface area contributed by atoms with E-state index in [1.54, 1.807) is 11.8 Å². The van der Waals surface area contributed by atoms with Crippen molar-refractivity contribution in [2.45, 2.75) is 38.8 Å². The lowest BCUT2D eigenvalue weighted by atomic mass is 9.96. The molecule has 9 heteroatoms. The first kappa shape index (κ1) is 17.6. The fraction of sp³-hybridized carbons (Fsp3) is 0.714. The van der Waals surface area contributed by atoms with E-state index in [1.807, 2.05) is 13.8 Å². The summed E-state index contributed by atoms with van der Waals surface area (Å²) in [5, 5.41) is 9.94. The molecular formula is C14H22N4O4S. The number of amides is 6. The Morgan fingerprint density at radius 3 is 1.52 bits per heavy atom. The van der Waals surface area contributed by atoms with E-state index in [4.69, 9.17) is 0 Å². The molecule has 0 aromatic heterocycles. The Balaban J connectivity index is 1.68. The summed E-state index contributed by atoms with van der Waals surface area (Å²) in [4.78, 5) is 45.8. The van der Waals surface area contributed by atoms with Crippen LogP contribution in [-0.2, 0) is 9.59 Å². The number of rotatable bonds is 6. The van der Waals surface area contributed by atoms with Crippen LogP contribution in [0.2, 0.25) is 0 Å². The molecule has 2 aliphatic rings. The van der Waals surface area contributed by atoms with Crippen molar-refractivity contribution >= 4 is 35.6 Å². The van der Waals surface area contributed by atoms with Crippen molar-refractivity contribution in [1.29, 1.82) is 0 Å². The molecule has 0 radical (unpaired) electrons. The Morgan fingerprint density at radius 2 is 1.17 bits per heavy atom. The molecule has 2 rings (SSSR count). The van der Waals surface area contributed by atoms with Gasteiger partial charge in [0.1, 0.15) is 0 Å². The van der Waals surface area contributed by atoms with Crippen molar-refractivity contribution in [3.8, 4) is 0 Å². The van der Waals surface area contributed by atoms with Gasteiger partial charge in [0.15, 0.2) is 0 Å². The van der Waals surface area contributed by atoms with Crippen molar-refractivity contribution in [3.63, 3.8) is 0 Å². The number of hydrogen-bond donors (Lipinski definition) is 4. The summed E-state index contributed by atoms with van der Waals surface area (Å²) in [6.45, 7) is 3.64. The minimum Gasteiger partial charge on any atom is -0.335 e. The average Bonchev–Trinajstić information content (AvgIpc) is 2.42. The van der Waals surface area contributed by atoms with Gasteiger partial charge in [-0.25, -0.2) is 9.59 Å². The van der Waals surface area contributed by atoms with Crippen LogP contribution >= 0.6 is 11.8 Å². The van der Waals surface area contributed by atoms with Gasteiger partial charge in [-0.2, -0.15) is 11.8 Å². The summed E-state index contributed by atoms with van der Waals surface area (Å²) >= 11 is 1.66. The zero-order valence-corrected chi connectivity index (χ0v) is 14.0. The van der Waals surface area contributed by atoms with Gasteiger partial charge >= 0.3 is 12.1 Å². The molecule has 2 saturated heterocycles. The Hall–Kier alpha value is -1.77. The Morgan fingerprint density at radius 1 is 0.783 bits per heavy atom. The maximum Gasteiger partial charge on any atom is 0.321 e. The van der Waals surface area contributed by atoms with E-state index in [2.05, 4.69) is 21.3 Å². The number of urea groups is 2. The van der Waals surface area contributed by atoms with Crippen molar-refractivity contribution in [2.75, 3.05) is 11.5 Å². The number of nitrogens with one attached hydrogen (secondary N) is 4. The lowest BCUT2D eigenvalue weighted by molar-refractivity contribution is -0.126. The second-order valence-electron chi connectivity index (χ2n) is 5.91. The fourth-order valence-corrected chi connectivity index (χ4v) is 3.88. The monoisotopic (exact) mass is 342 g/mol. The van der Waals surface area contributed by atoms with Gasteiger partial charge in [0.05, 0.1) is 11.8 Å². The van der Waals surface area contributed by atoms with Gasteiger partial charge < -0.3 is 10.6 Å². The molecule has 2 aliphatic heterocycles. The molecule has 0 saturated carbocycles. The topological polar surface area (TPSA) is 116 Å². The summed E-state index contributed by atoms with van der Waals surface area (Å²) in [6.07, 6.45) is 1.34. The number of hydrogen-bond acceptors (Lipinski definition) is 5. The quantitative estimate of drug-likeness (QED) is 0.514. The third-order valence-corrected chi connectivity index (χ3v) is 5.27. The third-order valence-electron chi connectivity index (χ3n) is 4.22. The summed E-state index contributed by atoms with van der Waals surface area (Å²) in [5.74, 6) is 0.628. The molecule has 2 heterocycles. The summed E-state index contributed by atoms with van der Waals surface area (Å²) in [5.41, 5.74) is 0. The first-order valence-corrected chi connectivity index (χ1v) is 8.84. The third kappa shape index (κ3) is 4.60. The Bertz CT molecular complexity index is 469. The van der Waals surface area contributed by atoms with Crippen LogP contribution in [0.15, 0.2) is 0 Å². The SMILES string of the molecule is C[C@@H]1NC(=O)NC(=O)[C@@H]1CCSCC[C@H]1C(=O)NC(=O)N[C@H]1C. The Kier molecular flexibility index (Phi) is 5.86. The number of carbonyl (C=O) groups excluding carboxylic acids is 4. The average molecular weight is 342 g/mol. The van der Waals surface area contributed by atoms with Crippen molar-refractivity contribution < 1.29 is 19.2 Å². The van der Waals surface area contributed by atoms with Crippen LogP contribution in [-0.4, -0.2) is 47.5 Å². The van der Waals surface area contributed by atoms with E-state index >= 15 is 0 Å². The van der Waals surface area contributed by atoms with Gasteiger partial charge in [-0.15, -0.1) is 0 Å². The molecule has 6 amide bonds. The molecule has 0 aliphatic carbocycles. The predicted octanol–water partition coefficient (Wildman–Crippen LogP) is 0.188. The maximum atomic E-state index is 11.8. The minimum atomic E-state index is -0.439. The van der Waals surface area contributed by atoms with E-state index < -0.39 is 12.1 Å². The van der Waals surface area contributed by atoms with Crippen LogP contribution in [0, 0.1) is 11.8 Å². The highest BCUT2D eigenvalue weighted by atomic mass is 32.2. The van der Waals surface area contributed by atoms with Crippen LogP contribution in [0.25, 0.3) is 0 Å². The molecule has 4 atom stereocenters. The number of carbonyl (C=O) groups is 4. The van der Waals surface area contributed by atoms with Gasteiger partial charge in [0.2, 0.25) is 11.8 Å². The second-order valence-corrected chi connectivity index (χ2v) is 7.13. The van der Waals surface area contributed by atoms with Crippen LogP contribution in [0.1, 0.15) is 26.7 Å². The molecular weight excluding hydrogens is 320 g/mol. The van der Waals surface area contributed by atoms with E-state index in [0.29, 0.717) is 12.8 Å². The Labute approximate surface area is 138 Å². The van der Waals surface area contributed by atoms with Crippen LogP contribution in [0.3, 0.4) is 0 Å². The first-order chi connectivity index (χ1) is 10.9. The molecule has 0 bridgehead atoms. The zero-order valence-electron chi connectivity index (χ0n) is 13.2. The van der Waals surface area contributed by atoms with Gasteiger partial charge in [-0.3, -0.25) is 20.2 Å². The molecule has 0 aromatic carbocycles. The summed E-state index contributed by atoms with van der Waals surface area (Å²) in [7, 11) is 0. The van der Waals surface area contributed by atoms with Gasteiger partial charge in [0.25, 0.3) is 0 Å². The molecule has 0 aromatic rings. The molecule has 128 valence electrons. The minimum absolute atomic E-state index is 0.170. The largest absolute Gasteiger partial charge is 0.335 e. The maximum absolute atomic E-state index is 11.8. The highest BCUT2D eigenvalue weighted by molar-refractivity contribution is 7.99. The number of thioether (sulfide) groups is 1. The smallest absolute Gasteiger partial charge is 0.321 e.